The Labute approximate surface area is 153 Å². The number of aromatic nitrogens is 2. The lowest BCUT2D eigenvalue weighted by Crippen LogP contribution is -2.26. The van der Waals surface area contributed by atoms with Crippen LogP contribution in [0.1, 0.15) is 47.4 Å². The van der Waals surface area contributed by atoms with Crippen LogP contribution in [0.4, 0.5) is 22.0 Å². The molecule has 26 heavy (non-hydrogen) atoms. The minimum absolute atomic E-state index is 0.0584. The number of pyridine rings is 1. The van der Waals surface area contributed by atoms with Crippen LogP contribution in [0.2, 0.25) is 0 Å². The van der Waals surface area contributed by atoms with Crippen molar-refractivity contribution < 1.29 is 31.9 Å². The SMILES string of the molecule is O=C(O)c1cc(Br)n2c(CC3CCC(F)(F)CC3)c(C(F)(F)F)nc2c1. The van der Waals surface area contributed by atoms with E-state index in [0.717, 1.165) is 6.07 Å². The molecule has 142 valence electrons. The first-order valence-corrected chi connectivity index (χ1v) is 8.66. The van der Waals surface area contributed by atoms with E-state index in [0.29, 0.717) is 0 Å². The quantitative estimate of drug-likeness (QED) is 0.528. The average molecular weight is 441 g/mol. The molecule has 4 nitrogen and oxygen atoms in total. The fourth-order valence-corrected chi connectivity index (χ4v) is 3.94. The summed E-state index contributed by atoms with van der Waals surface area (Å²) in [5.41, 5.74) is -1.61. The van der Waals surface area contributed by atoms with Crippen molar-refractivity contribution in [2.45, 2.75) is 44.2 Å². The minimum Gasteiger partial charge on any atom is -0.478 e. The molecule has 1 aliphatic carbocycles. The predicted octanol–water partition coefficient (Wildman–Crippen LogP) is 5.18. The highest BCUT2D eigenvalue weighted by atomic mass is 79.9. The number of hydrogen-bond acceptors (Lipinski definition) is 2. The number of alkyl halides is 5. The van der Waals surface area contributed by atoms with Crippen LogP contribution in [0.3, 0.4) is 0 Å². The molecule has 1 N–H and O–H groups in total. The molecule has 1 fully saturated rings. The number of carboxylic acids is 1. The first-order valence-electron chi connectivity index (χ1n) is 7.87. The van der Waals surface area contributed by atoms with Crippen LogP contribution in [-0.2, 0) is 12.6 Å². The maximum atomic E-state index is 13.4. The molecule has 0 aliphatic heterocycles. The zero-order chi connectivity index (χ0) is 19.3. The van der Waals surface area contributed by atoms with Gasteiger partial charge in [-0.15, -0.1) is 0 Å². The van der Waals surface area contributed by atoms with E-state index in [1.807, 2.05) is 0 Å². The lowest BCUT2D eigenvalue weighted by molar-refractivity contribution is -0.141. The van der Waals surface area contributed by atoms with E-state index in [1.54, 1.807) is 0 Å². The second kappa shape index (κ2) is 6.47. The van der Waals surface area contributed by atoms with E-state index in [-0.39, 0.29) is 59.5 Å². The molecule has 3 rings (SSSR count). The third-order valence-corrected chi connectivity index (χ3v) is 5.19. The second-order valence-electron chi connectivity index (χ2n) is 6.47. The number of halogens is 6. The molecule has 0 spiro atoms. The normalized spacial score (nSPS) is 18.4. The molecular formula is C16H14BrF5N2O2. The summed E-state index contributed by atoms with van der Waals surface area (Å²) in [5, 5.41) is 9.06. The summed E-state index contributed by atoms with van der Waals surface area (Å²) in [6.45, 7) is 0. The van der Waals surface area contributed by atoms with Crippen molar-refractivity contribution >= 4 is 27.5 Å². The van der Waals surface area contributed by atoms with Crippen LogP contribution in [-0.4, -0.2) is 26.4 Å². The van der Waals surface area contributed by atoms with Crippen molar-refractivity contribution in [3.05, 3.63) is 33.7 Å². The number of rotatable bonds is 3. The van der Waals surface area contributed by atoms with Crippen LogP contribution >= 0.6 is 15.9 Å². The summed E-state index contributed by atoms with van der Waals surface area (Å²) >= 11 is 3.10. The fourth-order valence-electron chi connectivity index (χ4n) is 3.30. The molecule has 0 bridgehead atoms. The molecule has 1 aliphatic rings. The van der Waals surface area contributed by atoms with Crippen LogP contribution in [0.15, 0.2) is 16.7 Å². The van der Waals surface area contributed by atoms with Crippen molar-refractivity contribution in [2.75, 3.05) is 0 Å². The highest BCUT2D eigenvalue weighted by Gasteiger charge is 2.40. The summed E-state index contributed by atoms with van der Waals surface area (Å²) < 4.78 is 68.2. The van der Waals surface area contributed by atoms with Crippen molar-refractivity contribution in [3.8, 4) is 0 Å². The van der Waals surface area contributed by atoms with Gasteiger partial charge in [-0.25, -0.2) is 18.6 Å². The molecule has 0 unspecified atom stereocenters. The van der Waals surface area contributed by atoms with Gasteiger partial charge in [-0.1, -0.05) is 0 Å². The first-order chi connectivity index (χ1) is 12.0. The van der Waals surface area contributed by atoms with Crippen molar-refractivity contribution in [3.63, 3.8) is 0 Å². The smallest absolute Gasteiger partial charge is 0.435 e. The second-order valence-corrected chi connectivity index (χ2v) is 7.29. The largest absolute Gasteiger partial charge is 0.478 e. The monoisotopic (exact) mass is 440 g/mol. The molecule has 2 heterocycles. The van der Waals surface area contributed by atoms with Gasteiger partial charge in [0.2, 0.25) is 5.92 Å². The lowest BCUT2D eigenvalue weighted by Gasteiger charge is -2.28. The summed E-state index contributed by atoms with van der Waals surface area (Å²) in [6.07, 6.45) is -5.23. The number of hydrogen-bond donors (Lipinski definition) is 1. The van der Waals surface area contributed by atoms with Gasteiger partial charge >= 0.3 is 12.1 Å². The van der Waals surface area contributed by atoms with Crippen molar-refractivity contribution in [2.24, 2.45) is 5.92 Å². The summed E-state index contributed by atoms with van der Waals surface area (Å²) in [6, 6.07) is 2.25. The zero-order valence-corrected chi connectivity index (χ0v) is 14.9. The van der Waals surface area contributed by atoms with Gasteiger partial charge in [0.15, 0.2) is 5.69 Å². The Kier molecular flexibility index (Phi) is 4.74. The van der Waals surface area contributed by atoms with Gasteiger partial charge in [0, 0.05) is 12.8 Å². The highest BCUT2D eigenvalue weighted by molar-refractivity contribution is 9.10. The van der Waals surface area contributed by atoms with Gasteiger partial charge in [0.1, 0.15) is 5.65 Å². The molecule has 2 aromatic rings. The minimum atomic E-state index is -4.73. The molecule has 0 atom stereocenters. The number of carboxylic acid groups (broad SMARTS) is 1. The summed E-state index contributed by atoms with van der Waals surface area (Å²) in [4.78, 5) is 14.7. The van der Waals surface area contributed by atoms with Crippen LogP contribution < -0.4 is 0 Å². The third-order valence-electron chi connectivity index (χ3n) is 4.61. The van der Waals surface area contributed by atoms with Crippen LogP contribution in [0.25, 0.3) is 5.65 Å². The van der Waals surface area contributed by atoms with E-state index < -0.39 is 23.8 Å². The van der Waals surface area contributed by atoms with E-state index in [4.69, 9.17) is 5.11 Å². The van der Waals surface area contributed by atoms with E-state index in [9.17, 15) is 26.7 Å². The van der Waals surface area contributed by atoms with Crippen molar-refractivity contribution in [1.29, 1.82) is 0 Å². The molecule has 0 radical (unpaired) electrons. The molecule has 0 amide bonds. The summed E-state index contributed by atoms with van der Waals surface area (Å²) in [7, 11) is 0. The molecule has 2 aromatic heterocycles. The van der Waals surface area contributed by atoms with Gasteiger partial charge < -0.3 is 5.11 Å². The van der Waals surface area contributed by atoms with Gasteiger partial charge in [-0.2, -0.15) is 13.2 Å². The van der Waals surface area contributed by atoms with E-state index >= 15 is 0 Å². The molecule has 0 aromatic carbocycles. The Morgan fingerprint density at radius 2 is 1.92 bits per heavy atom. The van der Waals surface area contributed by atoms with Gasteiger partial charge in [0.25, 0.3) is 0 Å². The van der Waals surface area contributed by atoms with E-state index in [2.05, 4.69) is 20.9 Å². The molecular weight excluding hydrogens is 427 g/mol. The third kappa shape index (κ3) is 3.70. The number of carbonyl (C=O) groups is 1. The number of aromatic carboxylic acids is 1. The first kappa shape index (κ1) is 19.1. The average Bonchev–Trinajstić information content (AvgIpc) is 2.88. The topological polar surface area (TPSA) is 54.6 Å². The lowest BCUT2D eigenvalue weighted by atomic mass is 9.83. The van der Waals surface area contributed by atoms with Crippen molar-refractivity contribution in [1.82, 2.24) is 9.38 Å². The van der Waals surface area contributed by atoms with Crippen LogP contribution in [0, 0.1) is 5.92 Å². The maximum Gasteiger partial charge on any atom is 0.435 e. The molecule has 0 saturated heterocycles. The Morgan fingerprint density at radius 3 is 2.46 bits per heavy atom. The molecule has 10 heteroatoms. The Morgan fingerprint density at radius 1 is 1.31 bits per heavy atom. The Hall–Kier alpha value is -1.71. The van der Waals surface area contributed by atoms with E-state index in [1.165, 1.54) is 10.5 Å². The highest BCUT2D eigenvalue weighted by Crippen LogP contribution is 2.40. The Bertz CT molecular complexity index is 852. The Balaban J connectivity index is 2.06. The number of nitrogens with zero attached hydrogens (tertiary/aromatic N) is 2. The number of imidazole rings is 1. The van der Waals surface area contributed by atoms with Gasteiger partial charge in [-0.3, -0.25) is 4.40 Å². The zero-order valence-electron chi connectivity index (χ0n) is 13.3. The number of fused-ring (bicyclic) bond motifs is 1. The summed E-state index contributed by atoms with van der Waals surface area (Å²) in [5.74, 6) is -4.37. The van der Waals surface area contributed by atoms with Gasteiger partial charge in [-0.05, 0) is 53.2 Å². The predicted molar refractivity (Wildman–Crippen MR) is 85.5 cm³/mol. The van der Waals surface area contributed by atoms with Crippen LogP contribution in [0.5, 0.6) is 0 Å². The maximum absolute atomic E-state index is 13.4. The standard InChI is InChI=1S/C16H14BrF5N2O2/c17-11-6-9(14(25)26)7-12-23-13(16(20,21)22)10(24(11)12)5-8-1-3-15(18,19)4-2-8/h6-8H,1-5H2,(H,25,26). The fraction of sp³-hybridized carbons (Fsp3) is 0.500. The van der Waals surface area contributed by atoms with Gasteiger partial charge in [0.05, 0.1) is 15.9 Å². The molecule has 1 saturated carbocycles.